The van der Waals surface area contributed by atoms with Gasteiger partial charge in [0.15, 0.2) is 13.5 Å². The maximum Gasteiger partial charge on any atom is 0.339 e. The molecule has 0 unspecified atom stereocenters. The van der Waals surface area contributed by atoms with E-state index in [-0.39, 0.29) is 6.79 Å². The van der Waals surface area contributed by atoms with E-state index in [1.165, 1.54) is 7.11 Å². The predicted molar refractivity (Wildman–Crippen MR) is 83.9 cm³/mol. The Morgan fingerprint density at radius 2 is 1.26 bits per heavy atom. The molecule has 0 spiro atoms. The second-order valence-electron chi connectivity index (χ2n) is 2.60. The summed E-state index contributed by atoms with van der Waals surface area (Å²) >= 11 is 0. The zero-order valence-electron chi connectivity index (χ0n) is 14.0. The van der Waals surface area contributed by atoms with Crippen molar-refractivity contribution in [3.8, 4) is 0 Å². The van der Waals surface area contributed by atoms with Crippen LogP contribution in [0.5, 0.6) is 0 Å². The Bertz CT molecular complexity index is 378. The molecule has 0 heterocycles. The summed E-state index contributed by atoms with van der Waals surface area (Å²) in [5.41, 5.74) is 0. The largest absolute Gasteiger partial charge is 0.722 e. The minimum atomic E-state index is -5.42. The summed E-state index contributed by atoms with van der Waals surface area (Å²) in [7, 11) is -4.06. The second kappa shape index (κ2) is 25.4. The maximum absolute atomic E-state index is 11.2. The standard InChI is InChI=1S/C6H6.C4H7FO3.2C2H6.FHO3S/c1-2-4-6-5-3-1;1-7-3-8-4(6)2-5;2*1-2;1-5(2,3)4/h1-6H;2-3H2,1H3;2*1-2H3;(H,2,3,4)/p-1. The third-order valence-corrected chi connectivity index (χ3v) is 1.11. The van der Waals surface area contributed by atoms with E-state index in [1.54, 1.807) is 0 Å². The molecule has 0 aliphatic carbocycles. The molecule has 0 bridgehead atoms. The molecule has 0 radical (unpaired) electrons. The first-order valence-electron chi connectivity index (χ1n) is 6.67. The molecule has 0 aliphatic rings. The number of methoxy groups -OCH3 is 1. The smallest absolute Gasteiger partial charge is 0.339 e. The molecule has 138 valence electrons. The van der Waals surface area contributed by atoms with Crippen LogP contribution in [0.3, 0.4) is 0 Å². The lowest BCUT2D eigenvalue weighted by molar-refractivity contribution is -0.154. The molecule has 0 fully saturated rings. The topological polar surface area (TPSA) is 92.7 Å². The quantitative estimate of drug-likeness (QED) is 0.356. The molecule has 0 saturated heterocycles. The molecule has 0 atom stereocenters. The summed E-state index contributed by atoms with van der Waals surface area (Å²) in [6, 6.07) is 12.0. The molecule has 9 heteroatoms. The first-order valence-corrected chi connectivity index (χ1v) is 7.98. The molecular formula is C14H25F2O6S-. The van der Waals surface area contributed by atoms with Gasteiger partial charge in [0.2, 0.25) is 0 Å². The minimum absolute atomic E-state index is 0.178. The van der Waals surface area contributed by atoms with E-state index in [2.05, 4.69) is 9.47 Å². The van der Waals surface area contributed by atoms with Crippen LogP contribution in [-0.2, 0) is 24.8 Å². The SMILES string of the molecule is CC.CC.COCOC(=O)CF.O=S(=O)([O-])F.c1ccccc1. The monoisotopic (exact) mass is 359 g/mol. The van der Waals surface area contributed by atoms with E-state index in [9.17, 15) is 13.1 Å². The molecule has 23 heavy (non-hydrogen) atoms. The number of alkyl halides is 1. The van der Waals surface area contributed by atoms with Gasteiger partial charge in [0.25, 0.3) is 10.5 Å². The van der Waals surface area contributed by atoms with Crippen molar-refractivity contribution in [3.05, 3.63) is 36.4 Å². The molecule has 6 nitrogen and oxygen atoms in total. The lowest BCUT2D eigenvalue weighted by Gasteiger charge is -1.96. The number of carbonyl (C=O) groups excluding carboxylic acids is 1. The average molecular weight is 359 g/mol. The van der Waals surface area contributed by atoms with Crippen molar-refractivity contribution >= 4 is 16.5 Å². The fourth-order valence-electron chi connectivity index (χ4n) is 0.548. The van der Waals surface area contributed by atoms with Crippen molar-refractivity contribution in [2.24, 2.45) is 0 Å². The van der Waals surface area contributed by atoms with Gasteiger partial charge in [-0.15, -0.1) is 3.89 Å². The fourth-order valence-corrected chi connectivity index (χ4v) is 0.548. The van der Waals surface area contributed by atoms with E-state index >= 15 is 0 Å². The normalized spacial score (nSPS) is 8.17. The van der Waals surface area contributed by atoms with Crippen LogP contribution in [0.4, 0.5) is 8.28 Å². The molecular weight excluding hydrogens is 334 g/mol. The van der Waals surface area contributed by atoms with E-state index in [0.717, 1.165) is 0 Å². The Morgan fingerprint density at radius 3 is 1.43 bits per heavy atom. The van der Waals surface area contributed by atoms with Crippen LogP contribution < -0.4 is 0 Å². The Balaban J connectivity index is -0.000000108. The average Bonchev–Trinajstić information content (AvgIpc) is 2.57. The molecule has 0 aromatic heterocycles. The molecule has 1 rings (SSSR count). The zero-order chi connectivity index (χ0) is 19.1. The van der Waals surface area contributed by atoms with Crippen LogP contribution >= 0.6 is 0 Å². The van der Waals surface area contributed by atoms with Crippen LogP contribution in [0.25, 0.3) is 0 Å². The Labute approximate surface area is 137 Å². The van der Waals surface area contributed by atoms with Gasteiger partial charge in [-0.05, 0) is 0 Å². The number of hydrogen-bond acceptors (Lipinski definition) is 6. The Morgan fingerprint density at radius 1 is 1.00 bits per heavy atom. The third-order valence-electron chi connectivity index (χ3n) is 1.11. The van der Waals surface area contributed by atoms with Crippen LogP contribution in [0.15, 0.2) is 36.4 Å². The van der Waals surface area contributed by atoms with Crippen molar-refractivity contribution in [3.63, 3.8) is 0 Å². The second-order valence-corrected chi connectivity index (χ2v) is 3.39. The van der Waals surface area contributed by atoms with Gasteiger partial charge in [-0.2, -0.15) is 0 Å². The summed E-state index contributed by atoms with van der Waals surface area (Å²) in [6.07, 6.45) is 0. The highest BCUT2D eigenvalue weighted by molar-refractivity contribution is 7.80. The van der Waals surface area contributed by atoms with Gasteiger partial charge in [-0.1, -0.05) is 64.1 Å². The fraction of sp³-hybridized carbons (Fsp3) is 0.500. The molecule has 0 N–H and O–H groups in total. The summed E-state index contributed by atoms with van der Waals surface area (Å²) in [6.45, 7) is 6.73. The maximum atomic E-state index is 11.2. The van der Waals surface area contributed by atoms with Crippen LogP contribution in [-0.4, -0.2) is 39.5 Å². The van der Waals surface area contributed by atoms with E-state index < -0.39 is 23.1 Å². The number of rotatable bonds is 3. The highest BCUT2D eigenvalue weighted by atomic mass is 32.3. The van der Waals surface area contributed by atoms with Crippen LogP contribution in [0.2, 0.25) is 0 Å². The van der Waals surface area contributed by atoms with Gasteiger partial charge in [-0.25, -0.2) is 17.6 Å². The van der Waals surface area contributed by atoms with Gasteiger partial charge < -0.3 is 14.0 Å². The van der Waals surface area contributed by atoms with Crippen LogP contribution in [0, 0.1) is 0 Å². The number of esters is 1. The van der Waals surface area contributed by atoms with Gasteiger partial charge >= 0.3 is 5.97 Å². The van der Waals surface area contributed by atoms with Crippen molar-refractivity contribution in [2.75, 3.05) is 20.6 Å². The summed E-state index contributed by atoms with van der Waals surface area (Å²) in [4.78, 5) is 9.89. The van der Waals surface area contributed by atoms with Gasteiger partial charge in [0, 0.05) is 7.11 Å². The summed E-state index contributed by atoms with van der Waals surface area (Å²) in [5.74, 6) is -0.896. The molecule has 0 amide bonds. The van der Waals surface area contributed by atoms with Crippen molar-refractivity contribution in [1.82, 2.24) is 0 Å². The van der Waals surface area contributed by atoms with E-state index in [1.807, 2.05) is 64.1 Å². The minimum Gasteiger partial charge on any atom is -0.722 e. The van der Waals surface area contributed by atoms with Crippen molar-refractivity contribution in [2.45, 2.75) is 27.7 Å². The Hall–Kier alpha value is -1.58. The van der Waals surface area contributed by atoms with Gasteiger partial charge in [0.1, 0.15) is 0 Å². The molecule has 1 aromatic rings. The molecule has 0 aliphatic heterocycles. The first-order chi connectivity index (χ1) is 10.8. The first kappa shape index (κ1) is 29.4. The number of benzene rings is 1. The zero-order valence-corrected chi connectivity index (χ0v) is 14.8. The van der Waals surface area contributed by atoms with E-state index in [4.69, 9.17) is 13.0 Å². The van der Waals surface area contributed by atoms with Crippen molar-refractivity contribution < 1.29 is 35.5 Å². The number of hydrogen-bond donors (Lipinski definition) is 0. The number of ether oxygens (including phenoxy) is 2. The Kier molecular flexibility index (Phi) is 32.5. The number of carbonyl (C=O) groups is 1. The molecule has 1 aromatic carbocycles. The molecule has 0 saturated carbocycles. The van der Waals surface area contributed by atoms with E-state index in [0.29, 0.717) is 0 Å². The summed E-state index contributed by atoms with van der Waals surface area (Å²) in [5, 5.41) is 0. The lowest BCUT2D eigenvalue weighted by atomic mass is 10.4. The highest BCUT2D eigenvalue weighted by Crippen LogP contribution is 1.80. The highest BCUT2D eigenvalue weighted by Gasteiger charge is 1.96. The van der Waals surface area contributed by atoms with Gasteiger partial charge in [-0.3, -0.25) is 0 Å². The lowest BCUT2D eigenvalue weighted by Crippen LogP contribution is -2.07. The number of halogens is 2. The van der Waals surface area contributed by atoms with Gasteiger partial charge in [0.05, 0.1) is 0 Å². The predicted octanol–water partition coefficient (Wildman–Crippen LogP) is 3.26. The van der Waals surface area contributed by atoms with Crippen LogP contribution in [0.1, 0.15) is 27.7 Å². The van der Waals surface area contributed by atoms with Crippen molar-refractivity contribution in [1.29, 1.82) is 0 Å². The summed E-state index contributed by atoms with van der Waals surface area (Å²) < 4.78 is 54.9. The third kappa shape index (κ3) is 63.8.